The Morgan fingerprint density at radius 1 is 0.750 bits per heavy atom. The number of rotatable bonds is 34. The van der Waals surface area contributed by atoms with Crippen LogP contribution in [0.25, 0.3) is 0 Å². The van der Waals surface area contributed by atoms with Crippen LogP contribution in [0.1, 0.15) is 79.4 Å². The normalized spacial score (nSPS) is 14.7. The number of cyclic esters (lactones) is 1. The number of amides is 7. The van der Waals surface area contributed by atoms with Crippen LogP contribution in [0.15, 0.2) is 94.8 Å². The van der Waals surface area contributed by atoms with Crippen LogP contribution in [0, 0.1) is 0 Å². The first-order valence-corrected chi connectivity index (χ1v) is 26.7. The Bertz CT molecular complexity index is 2680. The van der Waals surface area contributed by atoms with Gasteiger partial charge in [0, 0.05) is 79.8 Å². The third-order valence-corrected chi connectivity index (χ3v) is 12.8. The minimum absolute atomic E-state index is 0.114. The summed E-state index contributed by atoms with van der Waals surface area (Å²) >= 11 is 3.39. The number of phenols is 1. The van der Waals surface area contributed by atoms with E-state index in [0.29, 0.717) is 35.3 Å². The number of nitrogens with two attached hydrogens (primary N) is 4. The lowest BCUT2D eigenvalue weighted by molar-refractivity contribution is -0.141. The highest BCUT2D eigenvalue weighted by Gasteiger charge is 2.32. The zero-order valence-electron chi connectivity index (χ0n) is 44.1. The molecule has 2 unspecified atom stereocenters. The number of imidazole rings is 1. The first-order valence-electron chi connectivity index (χ1n) is 25.9. The molecule has 1 aromatic heterocycles. The van der Waals surface area contributed by atoms with E-state index in [1.165, 1.54) is 18.5 Å². The van der Waals surface area contributed by atoms with Gasteiger partial charge in [0.1, 0.15) is 23.9 Å². The van der Waals surface area contributed by atoms with Crippen LogP contribution >= 0.6 is 15.9 Å². The van der Waals surface area contributed by atoms with E-state index in [9.17, 15) is 43.5 Å². The smallest absolute Gasteiger partial charge is 0.328 e. The SMILES string of the molecule is NC(N)=NCCC[C@H](NC(=O)CC(NC(=O)CCC(=O)NCCOCCOCCNC(=O)[C@H](Cc1cnc[nH]1)NC(=O)CC(N)c1ccc(NC(=O)[C@@H](N)Cc2ccc(O)cc2)cc1)c1ccc(Br)cc1)C(=O)N[C@H]1CCOC1=O. The third-order valence-electron chi connectivity index (χ3n) is 12.3. The zero-order chi connectivity index (χ0) is 57.8. The van der Waals surface area contributed by atoms with Crippen molar-refractivity contribution in [2.24, 2.45) is 27.9 Å². The van der Waals surface area contributed by atoms with Crippen molar-refractivity contribution in [1.29, 1.82) is 0 Å². The van der Waals surface area contributed by atoms with Crippen LogP contribution in [0.4, 0.5) is 5.69 Å². The summed E-state index contributed by atoms with van der Waals surface area (Å²) in [4.78, 5) is 114. The molecule has 0 spiro atoms. The molecule has 0 aliphatic carbocycles. The fourth-order valence-electron chi connectivity index (χ4n) is 8.02. The number of aromatic amines is 1. The van der Waals surface area contributed by atoms with Gasteiger partial charge in [0.05, 0.1) is 57.9 Å². The molecule has 6 atom stereocenters. The molecular formula is C53H71BrN14O12. The maximum Gasteiger partial charge on any atom is 0.328 e. The Labute approximate surface area is 470 Å². The number of carbonyl (C=O) groups excluding carboxylic acids is 8. The van der Waals surface area contributed by atoms with Crippen molar-refractivity contribution < 1.29 is 57.7 Å². The molecular weight excluding hydrogens is 1100 g/mol. The molecule has 4 aromatic rings. The lowest BCUT2D eigenvalue weighted by Crippen LogP contribution is -2.51. The summed E-state index contributed by atoms with van der Waals surface area (Å²) in [5.74, 6) is -3.94. The lowest BCUT2D eigenvalue weighted by Gasteiger charge is -2.23. The van der Waals surface area contributed by atoms with Crippen molar-refractivity contribution in [2.45, 2.75) is 94.0 Å². The average molecular weight is 1180 g/mol. The lowest BCUT2D eigenvalue weighted by atomic mass is 10.0. The summed E-state index contributed by atoms with van der Waals surface area (Å²) in [5.41, 5.74) is 26.4. The molecule has 432 valence electrons. The molecule has 0 bridgehead atoms. The molecule has 0 saturated carbocycles. The van der Waals surface area contributed by atoms with Crippen molar-refractivity contribution in [3.05, 3.63) is 112 Å². The van der Waals surface area contributed by atoms with Gasteiger partial charge < -0.3 is 84.5 Å². The van der Waals surface area contributed by atoms with Gasteiger partial charge in [-0.2, -0.15) is 0 Å². The number of halogens is 1. The molecule has 7 amide bonds. The van der Waals surface area contributed by atoms with Gasteiger partial charge in [-0.3, -0.25) is 38.6 Å². The van der Waals surface area contributed by atoms with Crippen molar-refractivity contribution in [3.8, 4) is 5.75 Å². The molecule has 1 aliphatic heterocycles. The highest BCUT2D eigenvalue weighted by molar-refractivity contribution is 9.10. The number of phenolic OH excluding ortho intramolecular Hbond substituents is 1. The van der Waals surface area contributed by atoms with Gasteiger partial charge in [-0.1, -0.05) is 52.3 Å². The van der Waals surface area contributed by atoms with Crippen LogP contribution in [0.2, 0.25) is 0 Å². The van der Waals surface area contributed by atoms with Crippen LogP contribution < -0.4 is 60.2 Å². The molecule has 1 aliphatic rings. The fraction of sp³-hybridized carbons (Fsp3) is 0.434. The van der Waals surface area contributed by atoms with Gasteiger partial charge in [-0.25, -0.2) is 9.78 Å². The Kier molecular flexibility index (Phi) is 26.3. The van der Waals surface area contributed by atoms with Gasteiger partial charge in [0.15, 0.2) is 5.96 Å². The second kappa shape index (κ2) is 33.5. The number of H-pyrrole nitrogens is 1. The van der Waals surface area contributed by atoms with Crippen molar-refractivity contribution >= 4 is 74.9 Å². The van der Waals surface area contributed by atoms with Gasteiger partial charge in [0.2, 0.25) is 41.4 Å². The minimum atomic E-state index is -1.05. The number of hydrogen-bond donors (Lipinski definition) is 13. The molecule has 80 heavy (non-hydrogen) atoms. The number of ether oxygens (including phenoxy) is 3. The predicted octanol–water partition coefficient (Wildman–Crippen LogP) is -0.233. The molecule has 5 rings (SSSR count). The number of esters is 1. The highest BCUT2D eigenvalue weighted by Crippen LogP contribution is 2.22. The molecule has 0 radical (unpaired) electrons. The van der Waals surface area contributed by atoms with Crippen molar-refractivity contribution in [2.75, 3.05) is 58.0 Å². The van der Waals surface area contributed by atoms with Crippen LogP contribution in [0.5, 0.6) is 5.75 Å². The summed E-state index contributed by atoms with van der Waals surface area (Å²) in [6.07, 6.45) is 3.45. The Hall–Kier alpha value is -7.98. The standard InChI is InChI=1S/C53H71BrN14O12/c54-35-9-5-34(6-10-35)43(29-48(73)65-41(2-1-18-62-53(57)58)51(76)68-42-17-21-80-52(42)77)66-46(71)16-15-45(70)60-19-22-78-24-25-79-23-20-61-50(75)44(27-37-30-59-31-63-37)67-47(72)28-39(55)33-7-11-36(12-8-33)64-49(74)40(56)26-32-3-13-38(69)14-4-32/h3-14,30-31,39-44,69H,1-2,15-29,55-56H2,(H,59,63)(H,60,70)(H,61,75)(H,64,74)(H,65,73)(H,66,71)(H,67,72)(H,68,76)(H4,57,58,62)/t39?,40-,41-,42-,43?,44-/m0/s1. The number of anilines is 1. The number of carbonyl (C=O) groups is 8. The first kappa shape index (κ1) is 62.9. The largest absolute Gasteiger partial charge is 0.508 e. The number of hydrogen-bond acceptors (Lipinski definition) is 16. The van der Waals surface area contributed by atoms with Crippen LogP contribution in [-0.2, 0) is 65.4 Å². The van der Waals surface area contributed by atoms with Gasteiger partial charge >= 0.3 is 5.97 Å². The summed E-state index contributed by atoms with van der Waals surface area (Å²) in [5, 5.41) is 28.6. The van der Waals surface area contributed by atoms with E-state index in [4.69, 9.17) is 37.1 Å². The number of benzene rings is 3. The monoisotopic (exact) mass is 1170 g/mol. The maximum atomic E-state index is 13.5. The summed E-state index contributed by atoms with van der Waals surface area (Å²) in [7, 11) is 0. The summed E-state index contributed by atoms with van der Waals surface area (Å²) in [6.45, 7) is 1.29. The molecule has 27 heteroatoms. The molecule has 2 heterocycles. The first-order chi connectivity index (χ1) is 38.4. The summed E-state index contributed by atoms with van der Waals surface area (Å²) in [6, 6.07) is 14.8. The van der Waals surface area contributed by atoms with Gasteiger partial charge in [0.25, 0.3) is 0 Å². The molecule has 17 N–H and O–H groups in total. The second-order valence-electron chi connectivity index (χ2n) is 18.6. The van der Waals surface area contributed by atoms with Gasteiger partial charge in [-0.05, 0) is 72.4 Å². The Balaban J connectivity index is 0.961. The van der Waals surface area contributed by atoms with E-state index in [1.807, 2.05) is 0 Å². The van der Waals surface area contributed by atoms with Gasteiger partial charge in [-0.15, -0.1) is 0 Å². The number of aliphatic imine (C=N–C) groups is 1. The Morgan fingerprint density at radius 2 is 1.40 bits per heavy atom. The highest BCUT2D eigenvalue weighted by atomic mass is 79.9. The topological polar surface area (TPSA) is 414 Å². The second-order valence-corrected chi connectivity index (χ2v) is 19.5. The Morgan fingerprint density at radius 3 is 2.05 bits per heavy atom. The van der Waals surface area contributed by atoms with Crippen LogP contribution in [0.3, 0.4) is 0 Å². The molecule has 3 aromatic carbocycles. The number of guanidine groups is 1. The number of aromatic hydroxyl groups is 1. The van der Waals surface area contributed by atoms with E-state index in [0.717, 1.165) is 10.0 Å². The van der Waals surface area contributed by atoms with Crippen LogP contribution in [-0.4, -0.2) is 145 Å². The third kappa shape index (κ3) is 23.2. The zero-order valence-corrected chi connectivity index (χ0v) is 45.7. The molecule has 1 saturated heterocycles. The maximum absolute atomic E-state index is 13.5. The van der Waals surface area contributed by atoms with E-state index in [1.54, 1.807) is 66.9 Å². The molecule has 26 nitrogen and oxygen atoms in total. The minimum Gasteiger partial charge on any atom is -0.508 e. The molecule has 1 fully saturated rings. The summed E-state index contributed by atoms with van der Waals surface area (Å²) < 4.78 is 16.9. The van der Waals surface area contributed by atoms with E-state index in [2.05, 4.69) is 68.1 Å². The quantitative estimate of drug-likeness (QED) is 0.0124. The van der Waals surface area contributed by atoms with E-state index >= 15 is 0 Å². The number of nitrogens with one attached hydrogen (secondary N) is 8. The van der Waals surface area contributed by atoms with E-state index < -0.39 is 83.6 Å². The number of nitrogens with zero attached hydrogens (tertiary/aromatic N) is 2. The van der Waals surface area contributed by atoms with Crippen molar-refractivity contribution in [3.63, 3.8) is 0 Å². The number of aromatic nitrogens is 2. The average Bonchev–Trinajstić information content (AvgIpc) is 4.11. The predicted molar refractivity (Wildman–Crippen MR) is 297 cm³/mol. The van der Waals surface area contributed by atoms with E-state index in [-0.39, 0.29) is 109 Å². The van der Waals surface area contributed by atoms with Crippen molar-refractivity contribution in [1.82, 2.24) is 41.9 Å². The fourth-order valence-corrected chi connectivity index (χ4v) is 8.28.